The minimum absolute atomic E-state index is 0.00444. The summed E-state index contributed by atoms with van der Waals surface area (Å²) in [6.07, 6.45) is 1.05. The topological polar surface area (TPSA) is 64.3 Å². The number of nitrogens with one attached hydrogen (secondary N) is 1. The second-order valence-corrected chi connectivity index (χ2v) is 4.96. The lowest BCUT2D eigenvalue weighted by Crippen LogP contribution is -2.17. The van der Waals surface area contributed by atoms with Gasteiger partial charge in [0.15, 0.2) is 0 Å². The second kappa shape index (κ2) is 7.45. The van der Waals surface area contributed by atoms with Crippen LogP contribution in [0.3, 0.4) is 0 Å². The summed E-state index contributed by atoms with van der Waals surface area (Å²) >= 11 is 0. The van der Waals surface area contributed by atoms with Gasteiger partial charge in [-0.15, -0.1) is 0 Å². The molecule has 4 nitrogen and oxygen atoms in total. The van der Waals surface area contributed by atoms with Crippen LogP contribution < -0.4 is 15.8 Å². The van der Waals surface area contributed by atoms with Crippen LogP contribution in [0.15, 0.2) is 42.5 Å². The first-order valence-electron chi connectivity index (χ1n) is 7.04. The Hall–Kier alpha value is -2.56. The SMILES string of the molecule is CNC(=O)CCc1ccc(OCc2ccc(F)cc2)c(N)c1. The average molecular weight is 302 g/mol. The van der Waals surface area contributed by atoms with Crippen LogP contribution in [0, 0.1) is 5.82 Å². The van der Waals surface area contributed by atoms with Gasteiger partial charge in [0.25, 0.3) is 0 Å². The van der Waals surface area contributed by atoms with Crippen LogP contribution in [-0.4, -0.2) is 13.0 Å². The van der Waals surface area contributed by atoms with Crippen molar-refractivity contribution >= 4 is 11.6 Å². The molecule has 0 heterocycles. The summed E-state index contributed by atoms with van der Waals surface area (Å²) in [6, 6.07) is 11.6. The Bertz CT molecular complexity index is 642. The van der Waals surface area contributed by atoms with Crippen LogP contribution in [0.25, 0.3) is 0 Å². The number of halogens is 1. The van der Waals surface area contributed by atoms with E-state index in [0.717, 1.165) is 11.1 Å². The van der Waals surface area contributed by atoms with Crippen molar-refractivity contribution in [3.8, 4) is 5.75 Å². The molecule has 0 saturated heterocycles. The highest BCUT2D eigenvalue weighted by Crippen LogP contribution is 2.24. The van der Waals surface area contributed by atoms with E-state index in [1.165, 1.54) is 12.1 Å². The number of rotatable bonds is 6. The van der Waals surface area contributed by atoms with E-state index in [0.29, 0.717) is 30.9 Å². The van der Waals surface area contributed by atoms with Crippen LogP contribution in [0.2, 0.25) is 0 Å². The molecule has 2 rings (SSSR count). The number of carbonyl (C=O) groups excluding carboxylic acids is 1. The molecular weight excluding hydrogens is 283 g/mol. The molecule has 1 amide bonds. The molecule has 0 saturated carbocycles. The number of nitrogen functional groups attached to an aromatic ring is 1. The van der Waals surface area contributed by atoms with Gasteiger partial charge in [0.2, 0.25) is 5.91 Å². The zero-order chi connectivity index (χ0) is 15.9. The van der Waals surface area contributed by atoms with E-state index in [2.05, 4.69) is 5.32 Å². The van der Waals surface area contributed by atoms with Gasteiger partial charge < -0.3 is 15.8 Å². The summed E-state index contributed by atoms with van der Waals surface area (Å²) in [6.45, 7) is 0.321. The number of nitrogens with two attached hydrogens (primary N) is 1. The summed E-state index contributed by atoms with van der Waals surface area (Å²) in [4.78, 5) is 11.2. The Kier molecular flexibility index (Phi) is 5.36. The predicted molar refractivity (Wildman–Crippen MR) is 84.0 cm³/mol. The number of carbonyl (C=O) groups is 1. The molecule has 0 atom stereocenters. The third-order valence-electron chi connectivity index (χ3n) is 3.30. The van der Waals surface area contributed by atoms with Gasteiger partial charge in [0.05, 0.1) is 5.69 Å². The lowest BCUT2D eigenvalue weighted by molar-refractivity contribution is -0.120. The van der Waals surface area contributed by atoms with Crippen molar-refractivity contribution in [2.24, 2.45) is 0 Å². The molecule has 5 heteroatoms. The molecule has 2 aromatic rings. The maximum atomic E-state index is 12.8. The molecule has 0 bridgehead atoms. The van der Waals surface area contributed by atoms with Gasteiger partial charge in [-0.05, 0) is 41.8 Å². The molecule has 0 unspecified atom stereocenters. The Morgan fingerprint density at radius 2 is 1.86 bits per heavy atom. The van der Waals surface area contributed by atoms with E-state index in [1.807, 2.05) is 12.1 Å². The monoisotopic (exact) mass is 302 g/mol. The Balaban J connectivity index is 1.94. The van der Waals surface area contributed by atoms with Crippen molar-refractivity contribution in [3.63, 3.8) is 0 Å². The fraction of sp³-hybridized carbons (Fsp3) is 0.235. The van der Waals surface area contributed by atoms with E-state index >= 15 is 0 Å². The number of benzene rings is 2. The predicted octanol–water partition coefficient (Wildman–Crippen LogP) is 2.67. The molecule has 0 spiro atoms. The number of amides is 1. The van der Waals surface area contributed by atoms with Crippen molar-refractivity contribution in [1.29, 1.82) is 0 Å². The van der Waals surface area contributed by atoms with E-state index in [1.54, 1.807) is 25.2 Å². The largest absolute Gasteiger partial charge is 0.487 e. The maximum Gasteiger partial charge on any atom is 0.220 e. The number of hydrogen-bond donors (Lipinski definition) is 2. The molecule has 3 N–H and O–H groups in total. The minimum Gasteiger partial charge on any atom is -0.487 e. The summed E-state index contributed by atoms with van der Waals surface area (Å²) in [7, 11) is 1.61. The van der Waals surface area contributed by atoms with Crippen LogP contribution in [0.1, 0.15) is 17.5 Å². The molecule has 0 radical (unpaired) electrons. The molecule has 0 aliphatic heterocycles. The zero-order valence-electron chi connectivity index (χ0n) is 12.4. The highest BCUT2D eigenvalue weighted by atomic mass is 19.1. The smallest absolute Gasteiger partial charge is 0.220 e. The van der Waals surface area contributed by atoms with Crippen LogP contribution >= 0.6 is 0 Å². The first-order valence-corrected chi connectivity index (χ1v) is 7.04. The van der Waals surface area contributed by atoms with Gasteiger partial charge in [0.1, 0.15) is 18.2 Å². The third-order valence-corrected chi connectivity index (χ3v) is 3.30. The Labute approximate surface area is 129 Å². The highest BCUT2D eigenvalue weighted by molar-refractivity contribution is 5.75. The maximum absolute atomic E-state index is 12.8. The quantitative estimate of drug-likeness (QED) is 0.806. The first kappa shape index (κ1) is 15.8. The van der Waals surface area contributed by atoms with Crippen LogP contribution in [0.5, 0.6) is 5.75 Å². The van der Waals surface area contributed by atoms with Crippen LogP contribution in [-0.2, 0) is 17.8 Å². The molecule has 0 aliphatic rings. The summed E-state index contributed by atoms with van der Waals surface area (Å²) in [5.74, 6) is 0.298. The summed E-state index contributed by atoms with van der Waals surface area (Å²) in [5, 5.41) is 2.58. The van der Waals surface area contributed by atoms with Crippen molar-refractivity contribution in [1.82, 2.24) is 5.32 Å². The van der Waals surface area contributed by atoms with Gasteiger partial charge in [-0.3, -0.25) is 4.79 Å². The fourth-order valence-corrected chi connectivity index (χ4v) is 2.01. The Morgan fingerprint density at radius 3 is 2.50 bits per heavy atom. The van der Waals surface area contributed by atoms with Crippen LogP contribution in [0.4, 0.5) is 10.1 Å². The molecule has 2 aromatic carbocycles. The summed E-state index contributed by atoms with van der Waals surface area (Å²) in [5.41, 5.74) is 8.33. The number of aryl methyl sites for hydroxylation is 1. The molecule has 0 fully saturated rings. The van der Waals surface area contributed by atoms with Gasteiger partial charge >= 0.3 is 0 Å². The molecule has 22 heavy (non-hydrogen) atoms. The van der Waals surface area contributed by atoms with Crippen molar-refractivity contribution in [2.45, 2.75) is 19.4 Å². The van der Waals surface area contributed by atoms with E-state index in [9.17, 15) is 9.18 Å². The van der Waals surface area contributed by atoms with Crippen molar-refractivity contribution < 1.29 is 13.9 Å². The minimum atomic E-state index is -0.274. The highest BCUT2D eigenvalue weighted by Gasteiger charge is 2.05. The third kappa shape index (κ3) is 4.48. The lowest BCUT2D eigenvalue weighted by Gasteiger charge is -2.10. The normalized spacial score (nSPS) is 10.3. The fourth-order valence-electron chi connectivity index (χ4n) is 2.01. The lowest BCUT2D eigenvalue weighted by atomic mass is 10.1. The Morgan fingerprint density at radius 1 is 1.18 bits per heavy atom. The number of hydrogen-bond acceptors (Lipinski definition) is 3. The standard InChI is InChI=1S/C17H19FN2O2/c1-20-17(21)9-5-12-4-8-16(15(19)10-12)22-11-13-2-6-14(18)7-3-13/h2-4,6-8,10H,5,9,11,19H2,1H3,(H,20,21). The van der Waals surface area contributed by atoms with Gasteiger partial charge in [-0.25, -0.2) is 4.39 Å². The average Bonchev–Trinajstić information content (AvgIpc) is 2.53. The number of ether oxygens (including phenoxy) is 1. The molecule has 0 aromatic heterocycles. The first-order chi connectivity index (χ1) is 10.6. The van der Waals surface area contributed by atoms with E-state index < -0.39 is 0 Å². The van der Waals surface area contributed by atoms with Gasteiger partial charge in [0, 0.05) is 13.5 Å². The molecule has 0 aliphatic carbocycles. The van der Waals surface area contributed by atoms with Crippen molar-refractivity contribution in [2.75, 3.05) is 12.8 Å². The summed E-state index contributed by atoms with van der Waals surface area (Å²) < 4.78 is 18.5. The van der Waals surface area contributed by atoms with E-state index in [4.69, 9.17) is 10.5 Å². The van der Waals surface area contributed by atoms with Gasteiger partial charge in [-0.2, -0.15) is 0 Å². The van der Waals surface area contributed by atoms with Crippen molar-refractivity contribution in [3.05, 3.63) is 59.4 Å². The van der Waals surface area contributed by atoms with E-state index in [-0.39, 0.29) is 11.7 Å². The zero-order valence-corrected chi connectivity index (χ0v) is 12.4. The molecular formula is C17H19FN2O2. The number of anilines is 1. The second-order valence-electron chi connectivity index (χ2n) is 4.96. The van der Waals surface area contributed by atoms with Gasteiger partial charge in [-0.1, -0.05) is 18.2 Å². The molecule has 116 valence electrons.